The largest absolute Gasteiger partial charge is 0.481 e. The molecule has 2 atom stereocenters. The molecular weight excluding hydrogens is 322 g/mol. The van der Waals surface area contributed by atoms with Gasteiger partial charge >= 0.3 is 0 Å². The van der Waals surface area contributed by atoms with Crippen molar-refractivity contribution in [3.05, 3.63) is 65.2 Å². The first-order valence-corrected chi connectivity index (χ1v) is 9.50. The molecule has 0 aliphatic heterocycles. The average Bonchev–Trinajstić information content (AvgIpc) is 2.62. The van der Waals surface area contributed by atoms with Gasteiger partial charge in [0, 0.05) is 0 Å². The molecule has 3 nitrogen and oxygen atoms in total. The topological polar surface area (TPSA) is 38.3 Å². The van der Waals surface area contributed by atoms with E-state index in [1.165, 1.54) is 11.1 Å². The fourth-order valence-electron chi connectivity index (χ4n) is 2.97. The average molecular weight is 354 g/mol. The number of aryl methyl sites for hydroxylation is 2. The molecule has 0 aliphatic rings. The van der Waals surface area contributed by atoms with Gasteiger partial charge in [0.25, 0.3) is 5.91 Å². The number of hydrogen-bond acceptors (Lipinski definition) is 2. The quantitative estimate of drug-likeness (QED) is 0.693. The third-order valence-electron chi connectivity index (χ3n) is 4.65. The van der Waals surface area contributed by atoms with Crippen LogP contribution in [0, 0.1) is 19.8 Å². The van der Waals surface area contributed by atoms with Crippen LogP contribution < -0.4 is 10.1 Å². The molecule has 1 N–H and O–H groups in total. The molecule has 0 spiro atoms. The van der Waals surface area contributed by atoms with Gasteiger partial charge in [0.15, 0.2) is 6.10 Å². The summed E-state index contributed by atoms with van der Waals surface area (Å²) in [5.74, 6) is 1.18. The Bertz CT molecular complexity index is 709. The molecule has 0 heterocycles. The van der Waals surface area contributed by atoms with Gasteiger partial charge in [0.2, 0.25) is 0 Å². The second-order valence-corrected chi connectivity index (χ2v) is 7.36. The zero-order chi connectivity index (χ0) is 19.1. The lowest BCUT2D eigenvalue weighted by Gasteiger charge is -2.24. The molecule has 1 amide bonds. The van der Waals surface area contributed by atoms with Crippen molar-refractivity contribution in [2.24, 2.45) is 5.92 Å². The van der Waals surface area contributed by atoms with Crippen molar-refractivity contribution < 1.29 is 9.53 Å². The van der Waals surface area contributed by atoms with Gasteiger partial charge in [0.1, 0.15) is 5.75 Å². The van der Waals surface area contributed by atoms with Crippen LogP contribution in [0.25, 0.3) is 0 Å². The highest BCUT2D eigenvalue weighted by Crippen LogP contribution is 2.23. The first kappa shape index (κ1) is 20.0. The van der Waals surface area contributed by atoms with E-state index in [1.807, 2.05) is 43.3 Å². The lowest BCUT2D eigenvalue weighted by Crippen LogP contribution is -2.40. The second-order valence-electron chi connectivity index (χ2n) is 7.36. The van der Waals surface area contributed by atoms with Crippen molar-refractivity contribution in [3.63, 3.8) is 0 Å². The highest BCUT2D eigenvalue weighted by Gasteiger charge is 2.23. The summed E-state index contributed by atoms with van der Waals surface area (Å²) in [5.41, 5.74) is 3.52. The van der Waals surface area contributed by atoms with Crippen LogP contribution in [0.1, 0.15) is 56.3 Å². The second kappa shape index (κ2) is 9.42. The van der Waals surface area contributed by atoms with Crippen LogP contribution in [0.15, 0.2) is 48.5 Å². The van der Waals surface area contributed by atoms with Gasteiger partial charge in [-0.1, -0.05) is 57.2 Å². The Morgan fingerprint density at radius 2 is 1.73 bits per heavy atom. The maximum Gasteiger partial charge on any atom is 0.261 e. The molecule has 0 saturated heterocycles. The van der Waals surface area contributed by atoms with Crippen LogP contribution in [-0.4, -0.2) is 12.0 Å². The van der Waals surface area contributed by atoms with Crippen molar-refractivity contribution >= 4 is 5.91 Å². The molecule has 3 heteroatoms. The molecule has 0 aliphatic carbocycles. The minimum atomic E-state index is -0.490. The van der Waals surface area contributed by atoms with E-state index in [4.69, 9.17) is 4.74 Å². The third-order valence-corrected chi connectivity index (χ3v) is 4.65. The highest BCUT2D eigenvalue weighted by atomic mass is 16.5. The van der Waals surface area contributed by atoms with Crippen LogP contribution in [-0.2, 0) is 4.79 Å². The smallest absolute Gasteiger partial charge is 0.261 e. The summed E-state index contributed by atoms with van der Waals surface area (Å²) in [7, 11) is 0. The fraction of sp³-hybridized carbons (Fsp3) is 0.435. The molecular formula is C23H31NO2. The maximum absolute atomic E-state index is 12.9. The Kier molecular flexibility index (Phi) is 7.26. The summed E-state index contributed by atoms with van der Waals surface area (Å²) >= 11 is 0. The summed E-state index contributed by atoms with van der Waals surface area (Å²) in [6.07, 6.45) is 1.04. The number of carbonyl (C=O) groups excluding carboxylic acids is 1. The Balaban J connectivity index is 2.11. The summed E-state index contributed by atoms with van der Waals surface area (Å²) < 4.78 is 5.99. The van der Waals surface area contributed by atoms with Crippen molar-refractivity contribution in [1.29, 1.82) is 0 Å². The molecule has 26 heavy (non-hydrogen) atoms. The summed E-state index contributed by atoms with van der Waals surface area (Å²) in [4.78, 5) is 12.9. The van der Waals surface area contributed by atoms with E-state index >= 15 is 0 Å². The SMILES string of the molecule is CC[C@H](Oc1ccc(C)c(C)c1)C(=O)N[C@H](CC(C)C)c1ccccc1. The van der Waals surface area contributed by atoms with Crippen molar-refractivity contribution in [2.75, 3.05) is 0 Å². The van der Waals surface area contributed by atoms with Gasteiger partial charge in [-0.3, -0.25) is 4.79 Å². The van der Waals surface area contributed by atoms with E-state index < -0.39 is 6.10 Å². The molecule has 0 aromatic heterocycles. The Morgan fingerprint density at radius 1 is 1.04 bits per heavy atom. The van der Waals surface area contributed by atoms with E-state index in [1.54, 1.807) is 0 Å². The monoisotopic (exact) mass is 353 g/mol. The Hall–Kier alpha value is -2.29. The first-order valence-electron chi connectivity index (χ1n) is 9.50. The maximum atomic E-state index is 12.9. The van der Waals surface area contributed by atoms with Gasteiger partial charge in [0.05, 0.1) is 6.04 Å². The van der Waals surface area contributed by atoms with Gasteiger partial charge in [-0.15, -0.1) is 0 Å². The zero-order valence-corrected chi connectivity index (χ0v) is 16.6. The van der Waals surface area contributed by atoms with Gasteiger partial charge in [-0.25, -0.2) is 0 Å². The molecule has 2 rings (SSSR count). The summed E-state index contributed by atoms with van der Waals surface area (Å²) in [5, 5.41) is 3.20. The van der Waals surface area contributed by atoms with Crippen molar-refractivity contribution in [3.8, 4) is 5.75 Å². The van der Waals surface area contributed by atoms with Crippen molar-refractivity contribution in [2.45, 2.75) is 59.6 Å². The number of ether oxygens (including phenoxy) is 1. The van der Waals surface area contributed by atoms with Gasteiger partial charge in [-0.05, 0) is 61.4 Å². The fourth-order valence-corrected chi connectivity index (χ4v) is 2.97. The third kappa shape index (κ3) is 5.62. The van der Waals surface area contributed by atoms with Crippen LogP contribution in [0.3, 0.4) is 0 Å². The van der Waals surface area contributed by atoms with Crippen LogP contribution in [0.5, 0.6) is 5.75 Å². The zero-order valence-electron chi connectivity index (χ0n) is 16.6. The van der Waals surface area contributed by atoms with E-state index in [0.717, 1.165) is 17.7 Å². The summed E-state index contributed by atoms with van der Waals surface area (Å²) in [6, 6.07) is 16.1. The van der Waals surface area contributed by atoms with Gasteiger partial charge in [-0.2, -0.15) is 0 Å². The van der Waals surface area contributed by atoms with E-state index in [9.17, 15) is 4.79 Å². The number of nitrogens with one attached hydrogen (secondary N) is 1. The number of carbonyl (C=O) groups is 1. The molecule has 140 valence electrons. The van der Waals surface area contributed by atoms with E-state index in [2.05, 4.69) is 45.1 Å². The lowest BCUT2D eigenvalue weighted by molar-refractivity contribution is -0.129. The number of rotatable bonds is 8. The van der Waals surface area contributed by atoms with E-state index in [-0.39, 0.29) is 11.9 Å². The minimum absolute atomic E-state index is 0.00102. The highest BCUT2D eigenvalue weighted by molar-refractivity contribution is 5.81. The molecule has 2 aromatic carbocycles. The Morgan fingerprint density at radius 3 is 2.31 bits per heavy atom. The predicted molar refractivity (Wildman–Crippen MR) is 107 cm³/mol. The molecule has 0 saturated carbocycles. The lowest BCUT2D eigenvalue weighted by atomic mass is 9.96. The normalized spacial score (nSPS) is 13.3. The molecule has 0 radical (unpaired) electrons. The molecule has 0 unspecified atom stereocenters. The number of hydrogen-bond donors (Lipinski definition) is 1. The minimum Gasteiger partial charge on any atom is -0.481 e. The number of amides is 1. The van der Waals surface area contributed by atoms with Crippen LogP contribution >= 0.6 is 0 Å². The molecule has 0 fully saturated rings. The molecule has 2 aromatic rings. The van der Waals surface area contributed by atoms with Crippen LogP contribution in [0.2, 0.25) is 0 Å². The molecule has 0 bridgehead atoms. The van der Waals surface area contributed by atoms with E-state index in [0.29, 0.717) is 12.3 Å². The Labute approximate surface area is 157 Å². The van der Waals surface area contributed by atoms with Crippen LogP contribution in [0.4, 0.5) is 0 Å². The number of benzene rings is 2. The first-order chi connectivity index (χ1) is 12.4. The standard InChI is InChI=1S/C23H31NO2/c1-6-22(26-20-13-12-17(4)18(5)15-20)23(25)24-21(14-16(2)3)19-10-8-7-9-11-19/h7-13,15-16,21-22H,6,14H2,1-5H3,(H,24,25)/t21-,22+/m1/s1. The predicted octanol–water partition coefficient (Wildman–Crippen LogP) is 5.36. The van der Waals surface area contributed by atoms with Gasteiger partial charge < -0.3 is 10.1 Å². The van der Waals surface area contributed by atoms with Crippen molar-refractivity contribution in [1.82, 2.24) is 5.32 Å². The summed E-state index contributed by atoms with van der Waals surface area (Å²) in [6.45, 7) is 10.4.